The van der Waals surface area contributed by atoms with E-state index in [0.29, 0.717) is 23.9 Å². The van der Waals surface area contributed by atoms with Crippen LogP contribution in [0, 0.1) is 0 Å². The fraction of sp³-hybridized carbons (Fsp3) is 0.696. The first kappa shape index (κ1) is 51.2. The molecule has 1 N–H and O–H groups in total. The first-order valence-electron chi connectivity index (χ1n) is 22.3. The van der Waals surface area contributed by atoms with Gasteiger partial charge < -0.3 is 18.9 Å². The number of quaternary nitrogens is 1. The van der Waals surface area contributed by atoms with Crippen LogP contribution in [0.2, 0.25) is 0 Å². The molecule has 11 nitrogen and oxygen atoms in total. The second-order valence-corrected chi connectivity index (χ2v) is 18.0. The Kier molecular flexibility index (Phi) is 27.4. The normalized spacial score (nSPS) is 13.4. The lowest BCUT2D eigenvalue weighted by Crippen LogP contribution is -2.37. The second kappa shape index (κ2) is 31.0. The Hall–Kier alpha value is -2.95. The fourth-order valence-electron chi connectivity index (χ4n) is 6.30. The average molecular weight is 831 g/mol. The number of likely N-dealkylation sites (N-methyl/N-ethyl adjacent to an activating group) is 1. The molecule has 0 spiro atoms. The molecule has 2 rings (SSSR count). The van der Waals surface area contributed by atoms with Crippen LogP contribution in [0.15, 0.2) is 58.8 Å². The lowest BCUT2D eigenvalue weighted by molar-refractivity contribution is -0.870. The zero-order valence-corrected chi connectivity index (χ0v) is 37.6. The van der Waals surface area contributed by atoms with Crippen molar-refractivity contribution in [3.8, 4) is 0 Å². The summed E-state index contributed by atoms with van der Waals surface area (Å²) in [6.07, 6.45) is 22.5. The number of phosphoric ester groups is 1. The van der Waals surface area contributed by atoms with Gasteiger partial charge >= 0.3 is 19.8 Å². The van der Waals surface area contributed by atoms with Crippen molar-refractivity contribution in [2.75, 3.05) is 47.5 Å². The van der Waals surface area contributed by atoms with E-state index in [4.69, 9.17) is 18.5 Å². The summed E-state index contributed by atoms with van der Waals surface area (Å²) in [6.45, 7) is 4.21. The highest BCUT2D eigenvalue weighted by Crippen LogP contribution is 2.43. The molecule has 2 aromatic rings. The van der Waals surface area contributed by atoms with E-state index >= 15 is 0 Å². The minimum Gasteiger partial charge on any atom is -0.462 e. The SMILES string of the molecule is CCCCCCCCCCCCCCCCCC(=O)OC[C@H](COP(=O)(O)OCC[N+](C)(C)C)OC(=O)CCCc1ccc(N=Nc2ccc(CCCC)cc2)cc1. The number of benzene rings is 2. The van der Waals surface area contributed by atoms with Crippen molar-refractivity contribution in [3.05, 3.63) is 59.7 Å². The van der Waals surface area contributed by atoms with Gasteiger partial charge in [0.25, 0.3) is 0 Å². The second-order valence-electron chi connectivity index (χ2n) is 16.6. The summed E-state index contributed by atoms with van der Waals surface area (Å²) < 4.78 is 34.4. The molecule has 0 saturated heterocycles. The van der Waals surface area contributed by atoms with E-state index in [0.717, 1.165) is 42.6 Å². The van der Waals surface area contributed by atoms with E-state index in [2.05, 4.69) is 36.2 Å². The maximum Gasteiger partial charge on any atom is 0.472 e. The van der Waals surface area contributed by atoms with Crippen LogP contribution in [0.25, 0.3) is 0 Å². The number of unbranched alkanes of at least 4 members (excludes halogenated alkanes) is 15. The van der Waals surface area contributed by atoms with Gasteiger partial charge in [-0.15, -0.1) is 0 Å². The Morgan fingerprint density at radius 1 is 0.603 bits per heavy atom. The van der Waals surface area contributed by atoms with Crippen LogP contribution < -0.4 is 0 Å². The number of aryl methyl sites for hydroxylation is 2. The van der Waals surface area contributed by atoms with Crippen LogP contribution >= 0.6 is 7.82 Å². The smallest absolute Gasteiger partial charge is 0.462 e. The fourth-order valence-corrected chi connectivity index (χ4v) is 7.04. The predicted molar refractivity (Wildman–Crippen MR) is 234 cm³/mol. The first-order chi connectivity index (χ1) is 27.9. The Bertz CT molecular complexity index is 1450. The summed E-state index contributed by atoms with van der Waals surface area (Å²) in [5.41, 5.74) is 3.87. The molecule has 328 valence electrons. The van der Waals surface area contributed by atoms with Crippen molar-refractivity contribution < 1.29 is 42.1 Å². The molecule has 0 aromatic heterocycles. The third-order valence-corrected chi connectivity index (χ3v) is 11.0. The zero-order valence-electron chi connectivity index (χ0n) is 36.7. The van der Waals surface area contributed by atoms with Crippen LogP contribution in [0.3, 0.4) is 0 Å². The average Bonchev–Trinajstić information content (AvgIpc) is 3.19. The van der Waals surface area contributed by atoms with Gasteiger partial charge in [-0.25, -0.2) is 4.57 Å². The zero-order chi connectivity index (χ0) is 42.3. The molecule has 0 heterocycles. The monoisotopic (exact) mass is 831 g/mol. The maximum absolute atomic E-state index is 12.9. The number of phosphoric acid groups is 1. The van der Waals surface area contributed by atoms with Crippen molar-refractivity contribution in [1.82, 2.24) is 0 Å². The lowest BCUT2D eigenvalue weighted by Gasteiger charge is -2.24. The molecule has 0 aliphatic carbocycles. The van der Waals surface area contributed by atoms with Crippen LogP contribution in [0.4, 0.5) is 11.4 Å². The molecule has 1 unspecified atom stereocenters. The van der Waals surface area contributed by atoms with E-state index in [1.54, 1.807) is 0 Å². The third kappa shape index (κ3) is 27.7. The van der Waals surface area contributed by atoms with Gasteiger partial charge in [-0.05, 0) is 67.5 Å². The standard InChI is InChI=1S/C46H76N3O8P/c1-6-8-10-11-12-13-14-15-16-17-18-19-20-21-22-26-45(50)54-38-44(39-56-58(52,53)55-37-36-49(3,4)5)57-46(51)27-23-25-41-30-34-43(35-31-41)48-47-42-32-28-40(29-33-42)24-9-7-2/h28-35,44H,6-27,36-39H2,1-5H3/p+1/t44-/m1/s1. The summed E-state index contributed by atoms with van der Waals surface area (Å²) in [7, 11) is 1.39. The Morgan fingerprint density at radius 3 is 1.53 bits per heavy atom. The highest BCUT2D eigenvalue weighted by atomic mass is 31.2. The van der Waals surface area contributed by atoms with Gasteiger partial charge in [-0.3, -0.25) is 18.6 Å². The highest BCUT2D eigenvalue weighted by molar-refractivity contribution is 7.47. The Balaban J connectivity index is 1.73. The number of carbonyl (C=O) groups excluding carboxylic acids is 2. The van der Waals surface area contributed by atoms with E-state index in [9.17, 15) is 19.0 Å². The highest BCUT2D eigenvalue weighted by Gasteiger charge is 2.27. The number of rotatable bonds is 35. The molecule has 0 fully saturated rings. The summed E-state index contributed by atoms with van der Waals surface area (Å²) in [5.74, 6) is -0.915. The van der Waals surface area contributed by atoms with Gasteiger partial charge in [0, 0.05) is 12.8 Å². The first-order valence-corrected chi connectivity index (χ1v) is 23.8. The number of hydrogen-bond acceptors (Lipinski definition) is 9. The minimum absolute atomic E-state index is 0.00674. The Labute approximate surface area is 350 Å². The number of esters is 2. The van der Waals surface area contributed by atoms with E-state index in [1.807, 2.05) is 57.5 Å². The van der Waals surface area contributed by atoms with Crippen molar-refractivity contribution in [2.45, 2.75) is 161 Å². The molecular weight excluding hydrogens is 753 g/mol. The number of carbonyl (C=O) groups is 2. The van der Waals surface area contributed by atoms with E-state index in [-0.39, 0.29) is 26.1 Å². The predicted octanol–water partition coefficient (Wildman–Crippen LogP) is 12.3. The molecule has 12 heteroatoms. The topological polar surface area (TPSA) is 133 Å². The van der Waals surface area contributed by atoms with Crippen molar-refractivity contribution in [3.63, 3.8) is 0 Å². The molecule has 0 aliphatic rings. The van der Waals surface area contributed by atoms with Crippen molar-refractivity contribution in [2.24, 2.45) is 10.2 Å². The minimum atomic E-state index is -4.42. The van der Waals surface area contributed by atoms with Gasteiger partial charge in [0.15, 0.2) is 6.10 Å². The van der Waals surface area contributed by atoms with Gasteiger partial charge in [-0.2, -0.15) is 10.2 Å². The Morgan fingerprint density at radius 2 is 1.05 bits per heavy atom. The molecule has 58 heavy (non-hydrogen) atoms. The third-order valence-electron chi connectivity index (χ3n) is 9.97. The summed E-state index contributed by atoms with van der Waals surface area (Å²) in [5, 5.41) is 8.70. The van der Waals surface area contributed by atoms with Crippen molar-refractivity contribution in [1.29, 1.82) is 0 Å². The van der Waals surface area contributed by atoms with Crippen LogP contribution in [0.1, 0.15) is 153 Å². The van der Waals surface area contributed by atoms with E-state index in [1.165, 1.54) is 95.5 Å². The van der Waals surface area contributed by atoms with Gasteiger partial charge in [0.1, 0.15) is 19.8 Å². The van der Waals surface area contributed by atoms with Crippen LogP contribution in [-0.4, -0.2) is 74.9 Å². The molecule has 2 aromatic carbocycles. The van der Waals surface area contributed by atoms with Gasteiger partial charge in [0.05, 0.1) is 39.1 Å². The summed E-state index contributed by atoms with van der Waals surface area (Å²) >= 11 is 0. The van der Waals surface area contributed by atoms with Crippen molar-refractivity contribution >= 4 is 31.1 Å². The maximum atomic E-state index is 12.9. The van der Waals surface area contributed by atoms with Crippen LogP contribution in [-0.2, 0) is 45.5 Å². The molecule has 0 radical (unpaired) electrons. The lowest BCUT2D eigenvalue weighted by atomic mass is 10.0. The van der Waals surface area contributed by atoms with Crippen LogP contribution in [0.5, 0.6) is 0 Å². The number of ether oxygens (including phenoxy) is 2. The van der Waals surface area contributed by atoms with Gasteiger partial charge in [-0.1, -0.05) is 134 Å². The number of azo groups is 1. The number of nitrogens with zero attached hydrogens (tertiary/aromatic N) is 3. The molecule has 0 bridgehead atoms. The van der Waals surface area contributed by atoms with E-state index < -0.39 is 32.5 Å². The number of hydrogen-bond donors (Lipinski definition) is 1. The van der Waals surface area contributed by atoms with Gasteiger partial charge in [0.2, 0.25) is 0 Å². The largest absolute Gasteiger partial charge is 0.472 e. The molecule has 2 atom stereocenters. The summed E-state index contributed by atoms with van der Waals surface area (Å²) in [4.78, 5) is 35.7. The molecule has 0 amide bonds. The molecule has 0 saturated carbocycles. The quantitative estimate of drug-likeness (QED) is 0.0239. The molecular formula is C46H77N3O8P+. The summed E-state index contributed by atoms with van der Waals surface area (Å²) in [6, 6.07) is 15.8. The molecule has 0 aliphatic heterocycles.